The van der Waals surface area contributed by atoms with E-state index >= 15 is 0 Å². The van der Waals surface area contributed by atoms with Gasteiger partial charge in [-0.1, -0.05) is 86.1 Å². The van der Waals surface area contributed by atoms with Crippen molar-refractivity contribution in [3.05, 3.63) is 35.4 Å². The first-order valence-electron chi connectivity index (χ1n) is 17.4. The summed E-state index contributed by atoms with van der Waals surface area (Å²) in [6.45, 7) is 22.9. The van der Waals surface area contributed by atoms with E-state index in [4.69, 9.17) is 0 Å². The van der Waals surface area contributed by atoms with Crippen molar-refractivity contribution >= 4 is 5.78 Å². The lowest BCUT2D eigenvalue weighted by Gasteiger charge is -2.73. The number of hydrogen-bond donors (Lipinski definition) is 0. The third kappa shape index (κ3) is 3.73. The van der Waals surface area contributed by atoms with E-state index in [1.807, 2.05) is 0 Å². The van der Waals surface area contributed by atoms with E-state index in [1.165, 1.54) is 76.2 Å². The maximum absolute atomic E-state index is 11.9. The first kappa shape index (κ1) is 29.0. The lowest BCUT2D eigenvalue weighted by Crippen LogP contribution is -2.66. The zero-order chi connectivity index (χ0) is 28.9. The van der Waals surface area contributed by atoms with Crippen LogP contribution in [0.5, 0.6) is 0 Å². The Morgan fingerprint density at radius 2 is 1.50 bits per heavy atom. The molecule has 5 saturated carbocycles. The van der Waals surface area contributed by atoms with Crippen molar-refractivity contribution in [3.8, 4) is 0 Å². The van der Waals surface area contributed by atoms with E-state index in [0.717, 1.165) is 41.1 Å². The summed E-state index contributed by atoms with van der Waals surface area (Å²) in [7, 11) is 0. The number of rotatable bonds is 4. The molecule has 0 bridgehead atoms. The van der Waals surface area contributed by atoms with Crippen molar-refractivity contribution in [2.45, 2.75) is 139 Å². The second-order valence-corrected chi connectivity index (χ2v) is 17.4. The first-order chi connectivity index (χ1) is 18.7. The van der Waals surface area contributed by atoms with E-state index in [2.05, 4.69) is 79.7 Å². The molecule has 0 saturated heterocycles. The van der Waals surface area contributed by atoms with Gasteiger partial charge in [0.15, 0.2) is 5.78 Å². The zero-order valence-corrected chi connectivity index (χ0v) is 27.5. The van der Waals surface area contributed by atoms with E-state index in [9.17, 15) is 4.79 Å². The summed E-state index contributed by atoms with van der Waals surface area (Å²) < 4.78 is 0. The minimum Gasteiger partial charge on any atom is -0.295 e. The smallest absolute Gasteiger partial charge is 0.159 e. The number of hydrogen-bond acceptors (Lipinski definition) is 1. The summed E-state index contributed by atoms with van der Waals surface area (Å²) in [5, 5.41) is 0. The van der Waals surface area contributed by atoms with Crippen LogP contribution in [0.2, 0.25) is 0 Å². The molecule has 1 nitrogen and oxygen atoms in total. The Kier molecular flexibility index (Phi) is 6.84. The predicted molar refractivity (Wildman–Crippen MR) is 168 cm³/mol. The molecule has 0 aromatic heterocycles. The van der Waals surface area contributed by atoms with Crippen LogP contribution in [-0.2, 0) is 0 Å². The SMILES string of the molecule is CC[C@]12CC[C@@H](C(C)C)[C@@H]1C1CC[C@@H]3[C@@]4(C)CC[C@H](c5ccc(C(C)=O)cc5)C(C)(C)[C@@H]4CC[C@@]3(C)[C@]1(C)CC2. The van der Waals surface area contributed by atoms with Gasteiger partial charge >= 0.3 is 0 Å². The Labute approximate surface area is 247 Å². The molecule has 1 aromatic carbocycles. The quantitative estimate of drug-likeness (QED) is 0.344. The average Bonchev–Trinajstić information content (AvgIpc) is 3.29. The highest BCUT2D eigenvalue weighted by molar-refractivity contribution is 5.94. The second-order valence-electron chi connectivity index (χ2n) is 17.4. The molecule has 0 radical (unpaired) electrons. The molecular formula is C39H60O. The van der Waals surface area contributed by atoms with Gasteiger partial charge in [0.05, 0.1) is 0 Å². The molecule has 0 N–H and O–H groups in total. The summed E-state index contributed by atoms with van der Waals surface area (Å²) in [6, 6.07) is 8.71. The molecule has 40 heavy (non-hydrogen) atoms. The second kappa shape index (κ2) is 9.44. The van der Waals surface area contributed by atoms with Crippen LogP contribution in [0, 0.1) is 62.6 Å². The van der Waals surface area contributed by atoms with Crippen LogP contribution in [0.3, 0.4) is 0 Å². The van der Waals surface area contributed by atoms with Crippen molar-refractivity contribution in [2.24, 2.45) is 62.6 Å². The molecule has 10 atom stereocenters. The van der Waals surface area contributed by atoms with Crippen LogP contribution in [0.15, 0.2) is 24.3 Å². The van der Waals surface area contributed by atoms with Crippen LogP contribution >= 0.6 is 0 Å². The lowest BCUT2D eigenvalue weighted by molar-refractivity contribution is -0.240. The molecule has 0 heterocycles. The summed E-state index contributed by atoms with van der Waals surface area (Å²) in [5.74, 6) is 6.07. The van der Waals surface area contributed by atoms with Gasteiger partial charge in [0.1, 0.15) is 0 Å². The first-order valence-corrected chi connectivity index (χ1v) is 17.4. The van der Waals surface area contributed by atoms with Crippen LogP contribution < -0.4 is 0 Å². The van der Waals surface area contributed by atoms with Gasteiger partial charge in [-0.2, -0.15) is 0 Å². The molecule has 1 heteroatoms. The van der Waals surface area contributed by atoms with E-state index in [0.29, 0.717) is 27.6 Å². The van der Waals surface area contributed by atoms with Gasteiger partial charge in [0.2, 0.25) is 0 Å². The number of carbonyl (C=O) groups is 1. The van der Waals surface area contributed by atoms with Crippen molar-refractivity contribution < 1.29 is 4.79 Å². The van der Waals surface area contributed by atoms with Gasteiger partial charge in [-0.05, 0) is 145 Å². The Morgan fingerprint density at radius 3 is 2.12 bits per heavy atom. The number of carbonyl (C=O) groups excluding carboxylic acids is 1. The molecule has 1 aromatic rings. The molecule has 0 aliphatic heterocycles. The van der Waals surface area contributed by atoms with Gasteiger partial charge in [-0.3, -0.25) is 4.79 Å². The molecule has 5 aliphatic carbocycles. The maximum Gasteiger partial charge on any atom is 0.159 e. The van der Waals surface area contributed by atoms with Gasteiger partial charge in [0.25, 0.3) is 0 Å². The number of ketones is 1. The summed E-state index contributed by atoms with van der Waals surface area (Å²) >= 11 is 0. The van der Waals surface area contributed by atoms with Crippen molar-refractivity contribution in [2.75, 3.05) is 0 Å². The van der Waals surface area contributed by atoms with Gasteiger partial charge in [-0.15, -0.1) is 0 Å². The van der Waals surface area contributed by atoms with Crippen molar-refractivity contribution in [3.63, 3.8) is 0 Å². The van der Waals surface area contributed by atoms with Crippen molar-refractivity contribution in [1.82, 2.24) is 0 Å². The molecule has 5 aliphatic rings. The molecule has 1 unspecified atom stereocenters. The Balaban J connectivity index is 1.32. The highest BCUT2D eigenvalue weighted by atomic mass is 16.1. The molecular weight excluding hydrogens is 484 g/mol. The monoisotopic (exact) mass is 544 g/mol. The van der Waals surface area contributed by atoms with Crippen LogP contribution in [0.4, 0.5) is 0 Å². The van der Waals surface area contributed by atoms with Crippen LogP contribution in [0.25, 0.3) is 0 Å². The highest BCUT2D eigenvalue weighted by Gasteiger charge is 2.70. The van der Waals surface area contributed by atoms with E-state index in [1.54, 1.807) is 6.92 Å². The van der Waals surface area contributed by atoms with Crippen LogP contribution in [-0.4, -0.2) is 5.78 Å². The fourth-order valence-corrected chi connectivity index (χ4v) is 13.7. The summed E-state index contributed by atoms with van der Waals surface area (Å²) in [4.78, 5) is 11.9. The number of benzene rings is 1. The molecule has 0 amide bonds. The predicted octanol–water partition coefficient (Wildman–Crippen LogP) is 11.1. The lowest BCUT2D eigenvalue weighted by atomic mass is 9.31. The molecule has 0 spiro atoms. The summed E-state index contributed by atoms with van der Waals surface area (Å²) in [6.07, 6.45) is 15.9. The topological polar surface area (TPSA) is 17.1 Å². The van der Waals surface area contributed by atoms with Crippen molar-refractivity contribution in [1.29, 1.82) is 0 Å². The van der Waals surface area contributed by atoms with Gasteiger partial charge in [0, 0.05) is 5.56 Å². The van der Waals surface area contributed by atoms with Gasteiger partial charge in [-0.25, -0.2) is 0 Å². The largest absolute Gasteiger partial charge is 0.295 e. The Morgan fingerprint density at radius 1 is 0.800 bits per heavy atom. The van der Waals surface area contributed by atoms with E-state index < -0.39 is 0 Å². The third-order valence-electron chi connectivity index (χ3n) is 16.0. The standard InChI is InChI=1S/C39H60O/c1-10-39-22-17-29(25(2)3)34(39)31-15-16-33-36(7)20-18-30(28-13-11-27(12-14-28)26(4)40)35(5,6)32(36)19-21-38(33,9)37(31,8)23-24-39/h11-14,25,29-34H,10,15-24H2,1-9H3/t29-,30+,31?,32-,33+,34+,36-,37+,38+,39+/m0/s1. The van der Waals surface area contributed by atoms with Gasteiger partial charge < -0.3 is 0 Å². The maximum atomic E-state index is 11.9. The molecule has 5 fully saturated rings. The minimum atomic E-state index is 0.175. The zero-order valence-electron chi connectivity index (χ0n) is 27.5. The number of fused-ring (bicyclic) bond motifs is 7. The summed E-state index contributed by atoms with van der Waals surface area (Å²) in [5.41, 5.74) is 4.63. The number of Topliss-reactive ketones (excluding diaryl/α,β-unsaturated/α-hetero) is 1. The minimum absolute atomic E-state index is 0.175. The normalized spacial score (nSPS) is 47.6. The fraction of sp³-hybridized carbons (Fsp3) is 0.821. The fourth-order valence-electron chi connectivity index (χ4n) is 13.7. The molecule has 222 valence electrons. The molecule has 6 rings (SSSR count). The highest BCUT2D eigenvalue weighted by Crippen LogP contribution is 2.78. The Bertz CT molecular complexity index is 1130. The van der Waals surface area contributed by atoms with Crippen LogP contribution in [0.1, 0.15) is 155 Å². The average molecular weight is 545 g/mol. The van der Waals surface area contributed by atoms with E-state index in [-0.39, 0.29) is 11.2 Å². The Hall–Kier alpha value is -1.11. The third-order valence-corrected chi connectivity index (χ3v) is 16.0.